The van der Waals surface area contributed by atoms with Crippen molar-refractivity contribution < 1.29 is 19.0 Å². The van der Waals surface area contributed by atoms with E-state index in [1.54, 1.807) is 0 Å². The van der Waals surface area contributed by atoms with E-state index in [4.69, 9.17) is 14.2 Å². The Morgan fingerprint density at radius 1 is 1.30 bits per heavy atom. The Bertz CT molecular complexity index is 313. The van der Waals surface area contributed by atoms with Gasteiger partial charge in [-0.1, -0.05) is 0 Å². The van der Waals surface area contributed by atoms with Crippen LogP contribution in [0, 0.1) is 0 Å². The monoisotopic (exact) mass is 285 g/mol. The van der Waals surface area contributed by atoms with Crippen LogP contribution in [0.4, 0.5) is 0 Å². The van der Waals surface area contributed by atoms with Crippen LogP contribution in [0.3, 0.4) is 0 Å². The molecule has 0 radical (unpaired) electrons. The van der Waals surface area contributed by atoms with E-state index in [9.17, 15) is 4.79 Å². The predicted octanol–water partition coefficient (Wildman–Crippen LogP) is 1.65. The molecule has 1 unspecified atom stereocenters. The van der Waals surface area contributed by atoms with Gasteiger partial charge in [-0.05, 0) is 45.4 Å². The molecule has 20 heavy (non-hydrogen) atoms. The molecule has 0 spiro atoms. The maximum absolute atomic E-state index is 12.0. The maximum atomic E-state index is 12.0. The van der Waals surface area contributed by atoms with E-state index in [0.717, 1.165) is 51.7 Å². The lowest BCUT2D eigenvalue weighted by molar-refractivity contribution is -0.148. The van der Waals surface area contributed by atoms with Crippen LogP contribution in [0.2, 0.25) is 0 Å². The molecule has 0 aromatic heterocycles. The summed E-state index contributed by atoms with van der Waals surface area (Å²) in [6, 6.07) is 0.482. The van der Waals surface area contributed by atoms with Crippen LogP contribution in [-0.2, 0) is 19.0 Å². The van der Waals surface area contributed by atoms with E-state index in [0.29, 0.717) is 18.8 Å². The largest absolute Gasteiger partial charge is 0.468 e. The van der Waals surface area contributed by atoms with Crippen molar-refractivity contribution >= 4 is 5.97 Å². The number of hydrogen-bond acceptors (Lipinski definition) is 5. The topological polar surface area (TPSA) is 56.8 Å². The van der Waals surface area contributed by atoms with E-state index in [2.05, 4.69) is 5.32 Å². The highest BCUT2D eigenvalue weighted by molar-refractivity contribution is 5.80. The molecular formula is C15H27NO4. The smallest absolute Gasteiger partial charge is 0.325 e. The van der Waals surface area contributed by atoms with Gasteiger partial charge >= 0.3 is 5.97 Å². The van der Waals surface area contributed by atoms with Crippen molar-refractivity contribution in [2.24, 2.45) is 0 Å². The summed E-state index contributed by atoms with van der Waals surface area (Å²) in [6.07, 6.45) is 6.21. The summed E-state index contributed by atoms with van der Waals surface area (Å²) in [5, 5.41) is 3.41. The molecular weight excluding hydrogens is 258 g/mol. The van der Waals surface area contributed by atoms with Gasteiger partial charge in [-0.25, -0.2) is 0 Å². The van der Waals surface area contributed by atoms with Crippen LogP contribution >= 0.6 is 0 Å². The molecule has 1 aliphatic carbocycles. The first-order valence-corrected chi connectivity index (χ1v) is 7.69. The Kier molecular flexibility index (Phi) is 5.81. The molecule has 2 fully saturated rings. The second kappa shape index (κ2) is 7.38. The molecule has 1 heterocycles. The van der Waals surface area contributed by atoms with Crippen molar-refractivity contribution in [3.63, 3.8) is 0 Å². The number of carbonyl (C=O) groups is 1. The fourth-order valence-electron chi connectivity index (χ4n) is 2.65. The molecule has 1 atom stereocenters. The molecule has 0 bridgehead atoms. The lowest BCUT2D eigenvalue weighted by Gasteiger charge is -2.29. The first-order chi connectivity index (χ1) is 9.64. The van der Waals surface area contributed by atoms with Gasteiger partial charge < -0.3 is 14.2 Å². The van der Waals surface area contributed by atoms with Crippen LogP contribution in [0.25, 0.3) is 0 Å². The van der Waals surface area contributed by atoms with Crippen LogP contribution in [0.5, 0.6) is 0 Å². The van der Waals surface area contributed by atoms with Gasteiger partial charge in [0.2, 0.25) is 0 Å². The third kappa shape index (κ3) is 4.72. The van der Waals surface area contributed by atoms with Crippen LogP contribution in [0.1, 0.15) is 45.4 Å². The standard InChI is InChI=1S/C15H27NO4/c1-15(14(17)18-2,16-12-4-5-12)8-3-9-20-13-6-10-19-11-7-13/h12-13,16H,3-11H2,1-2H3. The molecule has 1 aliphatic heterocycles. The van der Waals surface area contributed by atoms with E-state index >= 15 is 0 Å². The molecule has 1 N–H and O–H groups in total. The number of esters is 1. The molecule has 5 heteroatoms. The van der Waals surface area contributed by atoms with Gasteiger partial charge in [0.1, 0.15) is 5.54 Å². The van der Waals surface area contributed by atoms with Gasteiger partial charge in [0.05, 0.1) is 13.2 Å². The van der Waals surface area contributed by atoms with Crippen LogP contribution < -0.4 is 5.32 Å². The van der Waals surface area contributed by atoms with Crippen molar-refractivity contribution in [3.05, 3.63) is 0 Å². The van der Waals surface area contributed by atoms with Crippen molar-refractivity contribution in [1.82, 2.24) is 5.32 Å². The highest BCUT2D eigenvalue weighted by Crippen LogP contribution is 2.25. The van der Waals surface area contributed by atoms with Crippen LogP contribution in [0.15, 0.2) is 0 Å². The van der Waals surface area contributed by atoms with Gasteiger partial charge in [0.15, 0.2) is 0 Å². The fraction of sp³-hybridized carbons (Fsp3) is 0.933. The Morgan fingerprint density at radius 3 is 2.60 bits per heavy atom. The first-order valence-electron chi connectivity index (χ1n) is 7.69. The number of rotatable bonds is 8. The third-order valence-corrected chi connectivity index (χ3v) is 4.08. The summed E-state index contributed by atoms with van der Waals surface area (Å²) in [7, 11) is 1.45. The number of hydrogen-bond donors (Lipinski definition) is 1. The summed E-state index contributed by atoms with van der Waals surface area (Å²) in [4.78, 5) is 12.0. The zero-order valence-corrected chi connectivity index (χ0v) is 12.7. The number of nitrogens with one attached hydrogen (secondary N) is 1. The lowest BCUT2D eigenvalue weighted by Crippen LogP contribution is -2.51. The van der Waals surface area contributed by atoms with Crippen molar-refractivity contribution in [3.8, 4) is 0 Å². The number of ether oxygens (including phenoxy) is 3. The molecule has 0 amide bonds. The molecule has 1 saturated heterocycles. The first kappa shape index (κ1) is 15.7. The average Bonchev–Trinajstić information content (AvgIpc) is 3.27. The second-order valence-electron chi connectivity index (χ2n) is 6.03. The quantitative estimate of drug-likeness (QED) is 0.543. The third-order valence-electron chi connectivity index (χ3n) is 4.08. The summed E-state index contributed by atoms with van der Waals surface area (Å²) in [6.45, 7) is 4.23. The number of carbonyl (C=O) groups excluding carboxylic acids is 1. The van der Waals surface area contributed by atoms with Gasteiger partial charge in [-0.15, -0.1) is 0 Å². The molecule has 5 nitrogen and oxygen atoms in total. The molecule has 1 saturated carbocycles. The summed E-state index contributed by atoms with van der Waals surface area (Å²) >= 11 is 0. The second-order valence-corrected chi connectivity index (χ2v) is 6.03. The Morgan fingerprint density at radius 2 is 2.00 bits per heavy atom. The molecule has 116 valence electrons. The van der Waals surface area contributed by atoms with Crippen molar-refractivity contribution in [2.45, 2.75) is 63.1 Å². The van der Waals surface area contributed by atoms with Crippen LogP contribution in [-0.4, -0.2) is 50.6 Å². The van der Waals surface area contributed by atoms with E-state index in [1.807, 2.05) is 6.92 Å². The SMILES string of the molecule is COC(=O)C(C)(CCCOC1CCOCC1)NC1CC1. The molecule has 0 aromatic rings. The van der Waals surface area contributed by atoms with Crippen molar-refractivity contribution in [1.29, 1.82) is 0 Å². The molecule has 2 aliphatic rings. The summed E-state index contributed by atoms with van der Waals surface area (Å²) < 4.78 is 16.1. The predicted molar refractivity (Wildman–Crippen MR) is 75.6 cm³/mol. The van der Waals surface area contributed by atoms with Gasteiger partial charge in [0.25, 0.3) is 0 Å². The molecule has 2 rings (SSSR count). The van der Waals surface area contributed by atoms with E-state index in [1.165, 1.54) is 7.11 Å². The Hall–Kier alpha value is -0.650. The van der Waals surface area contributed by atoms with E-state index < -0.39 is 5.54 Å². The van der Waals surface area contributed by atoms with Gasteiger partial charge in [-0.2, -0.15) is 0 Å². The maximum Gasteiger partial charge on any atom is 0.325 e. The Labute approximate surface area is 121 Å². The fourth-order valence-corrected chi connectivity index (χ4v) is 2.65. The minimum absolute atomic E-state index is 0.171. The normalized spacial score (nSPS) is 23.3. The lowest BCUT2D eigenvalue weighted by atomic mass is 9.95. The van der Waals surface area contributed by atoms with Gasteiger partial charge in [0, 0.05) is 25.9 Å². The minimum Gasteiger partial charge on any atom is -0.468 e. The minimum atomic E-state index is -0.574. The van der Waals surface area contributed by atoms with Crippen molar-refractivity contribution in [2.75, 3.05) is 26.9 Å². The zero-order chi connectivity index (χ0) is 14.4. The van der Waals surface area contributed by atoms with Gasteiger partial charge in [-0.3, -0.25) is 10.1 Å². The highest BCUT2D eigenvalue weighted by Gasteiger charge is 2.38. The average molecular weight is 285 g/mol. The summed E-state index contributed by atoms with van der Waals surface area (Å²) in [5.74, 6) is -0.171. The number of methoxy groups -OCH3 is 1. The summed E-state index contributed by atoms with van der Waals surface area (Å²) in [5.41, 5.74) is -0.574. The highest BCUT2D eigenvalue weighted by atomic mass is 16.5. The molecule has 0 aromatic carbocycles. The zero-order valence-electron chi connectivity index (χ0n) is 12.7. The Balaban J connectivity index is 1.69. The van der Waals surface area contributed by atoms with E-state index in [-0.39, 0.29) is 5.97 Å².